The fraction of sp³-hybridized carbons (Fsp3) is 0.500. The summed E-state index contributed by atoms with van der Waals surface area (Å²) in [5.74, 6) is 0. The monoisotopic (exact) mass is 217 g/mol. The van der Waals surface area contributed by atoms with Crippen molar-refractivity contribution in [1.29, 1.82) is 0 Å². The number of aryl methyl sites for hydroxylation is 1. The molecule has 86 valence electrons. The number of nitrogens with one attached hydrogen (secondary N) is 1. The predicted molar refractivity (Wildman–Crippen MR) is 65.3 cm³/mol. The van der Waals surface area contributed by atoms with E-state index in [1.807, 2.05) is 0 Å². The minimum atomic E-state index is -0.418. The van der Waals surface area contributed by atoms with E-state index >= 15 is 0 Å². The van der Waals surface area contributed by atoms with E-state index in [9.17, 15) is 4.79 Å². The topological polar surface area (TPSA) is 29.1 Å². The van der Waals surface area contributed by atoms with Crippen molar-refractivity contribution in [2.45, 2.75) is 45.2 Å². The molecular formula is C14H19NO. The second kappa shape index (κ2) is 4.38. The molecule has 1 atom stereocenters. The van der Waals surface area contributed by atoms with E-state index in [0.717, 1.165) is 32.1 Å². The molecule has 0 radical (unpaired) electrons. The molecule has 1 aliphatic heterocycles. The van der Waals surface area contributed by atoms with Crippen LogP contribution in [0.5, 0.6) is 0 Å². The SMILES string of the molecule is CCCCC1(C=O)NCc2cc(C)ccc21. The van der Waals surface area contributed by atoms with Gasteiger partial charge in [-0.1, -0.05) is 43.5 Å². The highest BCUT2D eigenvalue weighted by atomic mass is 16.1. The van der Waals surface area contributed by atoms with Crippen LogP contribution in [0, 0.1) is 6.92 Å². The van der Waals surface area contributed by atoms with E-state index in [-0.39, 0.29) is 0 Å². The van der Waals surface area contributed by atoms with E-state index in [0.29, 0.717) is 0 Å². The molecule has 2 nitrogen and oxygen atoms in total. The molecule has 0 spiro atoms. The molecule has 0 aromatic heterocycles. The molecule has 2 rings (SSSR count). The third-order valence-corrected chi connectivity index (χ3v) is 3.46. The van der Waals surface area contributed by atoms with Crippen LogP contribution in [0.1, 0.15) is 42.9 Å². The van der Waals surface area contributed by atoms with Gasteiger partial charge in [0.15, 0.2) is 0 Å². The molecule has 0 amide bonds. The van der Waals surface area contributed by atoms with E-state index in [1.165, 1.54) is 16.7 Å². The summed E-state index contributed by atoms with van der Waals surface area (Å²) >= 11 is 0. The van der Waals surface area contributed by atoms with Crippen molar-refractivity contribution in [1.82, 2.24) is 5.32 Å². The van der Waals surface area contributed by atoms with Crippen LogP contribution in [0.25, 0.3) is 0 Å². The number of benzene rings is 1. The molecule has 1 aromatic rings. The van der Waals surface area contributed by atoms with Crippen LogP contribution in [-0.2, 0) is 16.9 Å². The van der Waals surface area contributed by atoms with Crippen molar-refractivity contribution in [3.63, 3.8) is 0 Å². The van der Waals surface area contributed by atoms with Gasteiger partial charge in [0.05, 0.1) is 0 Å². The lowest BCUT2D eigenvalue weighted by Gasteiger charge is -2.24. The number of rotatable bonds is 4. The lowest BCUT2D eigenvalue weighted by Crippen LogP contribution is -2.38. The predicted octanol–water partition coefficient (Wildman–Crippen LogP) is 2.68. The first-order valence-corrected chi connectivity index (χ1v) is 6.03. The zero-order valence-corrected chi connectivity index (χ0v) is 10.0. The molecule has 0 saturated carbocycles. The Hall–Kier alpha value is -1.15. The van der Waals surface area contributed by atoms with Crippen molar-refractivity contribution >= 4 is 6.29 Å². The maximum absolute atomic E-state index is 11.4. The summed E-state index contributed by atoms with van der Waals surface area (Å²) in [6.07, 6.45) is 4.20. The summed E-state index contributed by atoms with van der Waals surface area (Å²) in [6, 6.07) is 6.38. The average molecular weight is 217 g/mol. The molecule has 0 saturated heterocycles. The van der Waals surface area contributed by atoms with Crippen molar-refractivity contribution in [3.8, 4) is 0 Å². The maximum atomic E-state index is 11.4. The van der Waals surface area contributed by atoms with Gasteiger partial charge in [-0.15, -0.1) is 0 Å². The highest BCUT2D eigenvalue weighted by Crippen LogP contribution is 2.34. The van der Waals surface area contributed by atoms with E-state index in [2.05, 4.69) is 37.4 Å². The van der Waals surface area contributed by atoms with Crippen molar-refractivity contribution < 1.29 is 4.79 Å². The number of hydrogen-bond acceptors (Lipinski definition) is 2. The normalized spacial score (nSPS) is 23.1. The van der Waals surface area contributed by atoms with Gasteiger partial charge in [-0.3, -0.25) is 5.32 Å². The summed E-state index contributed by atoms with van der Waals surface area (Å²) < 4.78 is 0. The summed E-state index contributed by atoms with van der Waals surface area (Å²) in [6.45, 7) is 5.07. The Labute approximate surface area is 97.1 Å². The lowest BCUT2D eigenvalue weighted by molar-refractivity contribution is -0.113. The quantitative estimate of drug-likeness (QED) is 0.786. The zero-order chi connectivity index (χ0) is 11.6. The van der Waals surface area contributed by atoms with Crippen LogP contribution in [-0.4, -0.2) is 6.29 Å². The summed E-state index contributed by atoms with van der Waals surface area (Å²) in [5, 5.41) is 3.38. The molecule has 1 aromatic carbocycles. The molecule has 16 heavy (non-hydrogen) atoms. The lowest BCUT2D eigenvalue weighted by atomic mass is 9.86. The Morgan fingerprint density at radius 2 is 2.31 bits per heavy atom. The van der Waals surface area contributed by atoms with Gasteiger partial charge in [-0.25, -0.2) is 0 Å². The average Bonchev–Trinajstić information content (AvgIpc) is 2.65. The van der Waals surface area contributed by atoms with Gasteiger partial charge in [0, 0.05) is 6.54 Å². The van der Waals surface area contributed by atoms with Gasteiger partial charge in [0.25, 0.3) is 0 Å². The van der Waals surface area contributed by atoms with E-state index in [1.54, 1.807) is 0 Å². The third kappa shape index (κ3) is 1.78. The molecule has 0 aliphatic carbocycles. The smallest absolute Gasteiger partial charge is 0.144 e. The fourth-order valence-electron chi connectivity index (χ4n) is 2.49. The number of hydrogen-bond donors (Lipinski definition) is 1. The van der Waals surface area contributed by atoms with Crippen LogP contribution in [0.2, 0.25) is 0 Å². The van der Waals surface area contributed by atoms with Gasteiger partial charge in [-0.05, 0) is 24.5 Å². The highest BCUT2D eigenvalue weighted by molar-refractivity contribution is 5.70. The van der Waals surface area contributed by atoms with Crippen LogP contribution in [0.3, 0.4) is 0 Å². The molecule has 2 heteroatoms. The minimum absolute atomic E-state index is 0.418. The molecule has 1 heterocycles. The summed E-state index contributed by atoms with van der Waals surface area (Å²) in [4.78, 5) is 11.4. The van der Waals surface area contributed by atoms with Gasteiger partial charge in [-0.2, -0.15) is 0 Å². The number of unbranched alkanes of at least 4 members (excludes halogenated alkanes) is 1. The fourth-order valence-corrected chi connectivity index (χ4v) is 2.49. The van der Waals surface area contributed by atoms with E-state index < -0.39 is 5.54 Å². The van der Waals surface area contributed by atoms with Gasteiger partial charge in [0.2, 0.25) is 0 Å². The second-order valence-electron chi connectivity index (χ2n) is 4.71. The maximum Gasteiger partial charge on any atom is 0.144 e. The molecular weight excluding hydrogens is 198 g/mol. The first-order valence-electron chi connectivity index (χ1n) is 6.03. The largest absolute Gasteiger partial charge is 0.301 e. The number of carbonyl (C=O) groups is 1. The van der Waals surface area contributed by atoms with Crippen LogP contribution < -0.4 is 5.32 Å². The molecule has 1 unspecified atom stereocenters. The summed E-state index contributed by atoms with van der Waals surface area (Å²) in [7, 11) is 0. The number of aldehydes is 1. The van der Waals surface area contributed by atoms with Gasteiger partial charge in [0.1, 0.15) is 11.8 Å². The molecule has 0 bridgehead atoms. The second-order valence-corrected chi connectivity index (χ2v) is 4.71. The van der Waals surface area contributed by atoms with Crippen molar-refractivity contribution in [2.24, 2.45) is 0 Å². The Morgan fingerprint density at radius 3 is 3.00 bits per heavy atom. The Balaban J connectivity index is 2.35. The number of fused-ring (bicyclic) bond motifs is 1. The van der Waals surface area contributed by atoms with Crippen LogP contribution >= 0.6 is 0 Å². The minimum Gasteiger partial charge on any atom is -0.301 e. The molecule has 1 aliphatic rings. The zero-order valence-electron chi connectivity index (χ0n) is 10.0. The molecule has 1 N–H and O–H groups in total. The summed E-state index contributed by atoms with van der Waals surface area (Å²) in [5.41, 5.74) is 3.31. The van der Waals surface area contributed by atoms with Crippen LogP contribution in [0.15, 0.2) is 18.2 Å². The van der Waals surface area contributed by atoms with E-state index in [4.69, 9.17) is 0 Å². The Morgan fingerprint density at radius 1 is 1.50 bits per heavy atom. The Kier molecular flexibility index (Phi) is 3.10. The first kappa shape index (κ1) is 11.3. The van der Waals surface area contributed by atoms with Gasteiger partial charge < -0.3 is 4.79 Å². The third-order valence-electron chi connectivity index (χ3n) is 3.46. The van der Waals surface area contributed by atoms with Crippen molar-refractivity contribution in [2.75, 3.05) is 0 Å². The van der Waals surface area contributed by atoms with Gasteiger partial charge >= 0.3 is 0 Å². The first-order chi connectivity index (χ1) is 7.72. The Bertz CT molecular complexity index is 400. The van der Waals surface area contributed by atoms with Crippen LogP contribution in [0.4, 0.5) is 0 Å². The van der Waals surface area contributed by atoms with Crippen molar-refractivity contribution in [3.05, 3.63) is 34.9 Å². The number of carbonyl (C=O) groups excluding carboxylic acids is 1. The highest BCUT2D eigenvalue weighted by Gasteiger charge is 2.37. The standard InChI is InChI=1S/C14H19NO/c1-3-4-7-14(10-16)13-6-5-11(2)8-12(13)9-15-14/h5-6,8,10,15H,3-4,7,9H2,1-2H3. The molecule has 0 fully saturated rings.